The Morgan fingerprint density at radius 3 is 2.73 bits per heavy atom. The number of rotatable bonds is 4. The highest BCUT2D eigenvalue weighted by Gasteiger charge is 2.28. The van der Waals surface area contributed by atoms with E-state index < -0.39 is 11.9 Å². The van der Waals surface area contributed by atoms with Crippen molar-refractivity contribution in [1.29, 1.82) is 0 Å². The molecule has 0 spiro atoms. The van der Waals surface area contributed by atoms with Crippen LogP contribution in [-0.2, 0) is 4.79 Å². The average Bonchev–Trinajstić information content (AvgIpc) is 2.63. The third-order valence-electron chi connectivity index (χ3n) is 4.15. The molecule has 8 heteroatoms. The topological polar surface area (TPSA) is 105 Å². The standard InChI is InChI=1S/C18H20N4O4/c1-12-8-9-19-17(20-12)26-15-6-4-14(5-7-15)21-18(25)22-10-2-3-13(11-22)16(23)24/h4-9,13H,2-3,10-11H2,1H3,(H,21,25)(H,23,24). The molecule has 1 aromatic heterocycles. The van der Waals surface area contributed by atoms with E-state index in [0.29, 0.717) is 30.8 Å². The number of hydrogen-bond acceptors (Lipinski definition) is 5. The van der Waals surface area contributed by atoms with Crippen LogP contribution in [0.15, 0.2) is 36.5 Å². The molecule has 26 heavy (non-hydrogen) atoms. The number of aromatic nitrogens is 2. The third-order valence-corrected chi connectivity index (χ3v) is 4.15. The van der Waals surface area contributed by atoms with Crippen molar-refractivity contribution < 1.29 is 19.4 Å². The number of benzene rings is 1. The summed E-state index contributed by atoms with van der Waals surface area (Å²) in [6.07, 6.45) is 2.91. The lowest BCUT2D eigenvalue weighted by atomic mass is 9.99. The molecule has 1 fully saturated rings. The number of carboxylic acid groups (broad SMARTS) is 1. The maximum absolute atomic E-state index is 12.3. The first kappa shape index (κ1) is 17.7. The predicted molar refractivity (Wildman–Crippen MR) is 94.2 cm³/mol. The Hall–Kier alpha value is -3.16. The van der Waals surface area contributed by atoms with Crippen LogP contribution < -0.4 is 10.1 Å². The minimum atomic E-state index is -0.859. The molecule has 1 aromatic carbocycles. The van der Waals surface area contributed by atoms with Gasteiger partial charge in [0.25, 0.3) is 0 Å². The molecule has 0 aliphatic carbocycles. The van der Waals surface area contributed by atoms with Gasteiger partial charge in [0.15, 0.2) is 0 Å². The molecule has 1 aliphatic heterocycles. The van der Waals surface area contributed by atoms with Gasteiger partial charge in [-0.15, -0.1) is 0 Å². The van der Waals surface area contributed by atoms with E-state index in [-0.39, 0.29) is 18.6 Å². The summed E-state index contributed by atoms with van der Waals surface area (Å²) in [4.78, 5) is 33.2. The Morgan fingerprint density at radius 1 is 1.27 bits per heavy atom. The van der Waals surface area contributed by atoms with Gasteiger partial charge in [-0.3, -0.25) is 4.79 Å². The Labute approximate surface area is 150 Å². The largest absolute Gasteiger partial charge is 0.481 e. The lowest BCUT2D eigenvalue weighted by molar-refractivity contribution is -0.143. The highest BCUT2D eigenvalue weighted by molar-refractivity contribution is 5.89. The maximum atomic E-state index is 12.3. The van der Waals surface area contributed by atoms with E-state index in [0.717, 1.165) is 5.69 Å². The Kier molecular flexibility index (Phi) is 5.31. The number of aryl methyl sites for hydroxylation is 1. The van der Waals surface area contributed by atoms with E-state index in [1.54, 1.807) is 36.5 Å². The van der Waals surface area contributed by atoms with Crippen molar-refractivity contribution >= 4 is 17.7 Å². The first-order valence-corrected chi connectivity index (χ1v) is 8.37. The van der Waals surface area contributed by atoms with E-state index in [2.05, 4.69) is 15.3 Å². The van der Waals surface area contributed by atoms with Gasteiger partial charge in [0.05, 0.1) is 5.92 Å². The van der Waals surface area contributed by atoms with Gasteiger partial charge in [-0.2, -0.15) is 0 Å². The molecule has 8 nitrogen and oxygen atoms in total. The minimum absolute atomic E-state index is 0.229. The summed E-state index contributed by atoms with van der Waals surface area (Å²) >= 11 is 0. The summed E-state index contributed by atoms with van der Waals surface area (Å²) in [6, 6.07) is 8.57. The fourth-order valence-electron chi connectivity index (χ4n) is 2.75. The number of carboxylic acids is 1. The predicted octanol–water partition coefficient (Wildman–Crippen LogP) is 2.91. The molecule has 0 bridgehead atoms. The van der Waals surface area contributed by atoms with Gasteiger partial charge < -0.3 is 20.1 Å². The highest BCUT2D eigenvalue weighted by Crippen LogP contribution is 2.22. The van der Waals surface area contributed by atoms with Crippen molar-refractivity contribution in [3.8, 4) is 11.8 Å². The Balaban J connectivity index is 1.58. The lowest BCUT2D eigenvalue weighted by Gasteiger charge is -2.30. The number of likely N-dealkylation sites (tertiary alicyclic amines) is 1. The van der Waals surface area contributed by atoms with Crippen LogP contribution in [-0.4, -0.2) is 45.1 Å². The highest BCUT2D eigenvalue weighted by atomic mass is 16.5. The first-order valence-electron chi connectivity index (χ1n) is 8.37. The monoisotopic (exact) mass is 356 g/mol. The summed E-state index contributed by atoms with van der Waals surface area (Å²) < 4.78 is 5.57. The zero-order valence-corrected chi connectivity index (χ0v) is 14.4. The molecule has 2 aromatic rings. The molecule has 1 unspecified atom stereocenters. The number of hydrogen-bond donors (Lipinski definition) is 2. The quantitative estimate of drug-likeness (QED) is 0.873. The summed E-state index contributed by atoms with van der Waals surface area (Å²) in [5.41, 5.74) is 1.41. The van der Waals surface area contributed by atoms with Crippen LogP contribution in [0.1, 0.15) is 18.5 Å². The van der Waals surface area contributed by atoms with Gasteiger partial charge in [-0.25, -0.2) is 14.8 Å². The van der Waals surface area contributed by atoms with Crippen molar-refractivity contribution in [2.75, 3.05) is 18.4 Å². The summed E-state index contributed by atoms with van der Waals surface area (Å²) in [5, 5.41) is 11.9. The molecular formula is C18H20N4O4. The molecule has 2 amide bonds. The number of ether oxygens (including phenoxy) is 1. The second kappa shape index (κ2) is 7.81. The zero-order chi connectivity index (χ0) is 18.5. The first-order chi connectivity index (χ1) is 12.5. The number of anilines is 1. The number of nitrogens with one attached hydrogen (secondary N) is 1. The van der Waals surface area contributed by atoms with Crippen molar-refractivity contribution in [3.05, 3.63) is 42.2 Å². The summed E-state index contributed by atoms with van der Waals surface area (Å²) in [6.45, 7) is 2.64. The fourth-order valence-corrected chi connectivity index (χ4v) is 2.75. The van der Waals surface area contributed by atoms with Crippen LogP contribution >= 0.6 is 0 Å². The number of amides is 2. The third kappa shape index (κ3) is 4.47. The molecule has 1 aliphatic rings. The molecule has 0 radical (unpaired) electrons. The van der Waals surface area contributed by atoms with E-state index in [1.165, 1.54) is 4.90 Å². The van der Waals surface area contributed by atoms with Crippen LogP contribution in [0, 0.1) is 12.8 Å². The summed E-state index contributed by atoms with van der Waals surface area (Å²) in [5.74, 6) is -0.806. The molecule has 1 atom stereocenters. The molecule has 136 valence electrons. The molecule has 1 saturated heterocycles. The summed E-state index contributed by atoms with van der Waals surface area (Å²) in [7, 11) is 0. The number of carbonyl (C=O) groups excluding carboxylic acids is 1. The van der Waals surface area contributed by atoms with Crippen molar-refractivity contribution in [1.82, 2.24) is 14.9 Å². The van der Waals surface area contributed by atoms with Crippen molar-refractivity contribution in [3.63, 3.8) is 0 Å². The Morgan fingerprint density at radius 2 is 2.04 bits per heavy atom. The Bertz CT molecular complexity index is 794. The molecular weight excluding hydrogens is 336 g/mol. The number of carbonyl (C=O) groups is 2. The molecule has 0 saturated carbocycles. The molecule has 2 N–H and O–H groups in total. The number of aliphatic carboxylic acids is 1. The van der Waals surface area contributed by atoms with Gasteiger partial charge in [-0.05, 0) is 50.1 Å². The second-order valence-electron chi connectivity index (χ2n) is 6.16. The van der Waals surface area contributed by atoms with Gasteiger partial charge >= 0.3 is 18.0 Å². The number of nitrogens with zero attached hydrogens (tertiary/aromatic N) is 3. The lowest BCUT2D eigenvalue weighted by Crippen LogP contribution is -2.44. The maximum Gasteiger partial charge on any atom is 0.322 e. The average molecular weight is 356 g/mol. The smallest absolute Gasteiger partial charge is 0.322 e. The number of urea groups is 1. The van der Waals surface area contributed by atoms with Crippen molar-refractivity contribution in [2.45, 2.75) is 19.8 Å². The van der Waals surface area contributed by atoms with Crippen LogP contribution in [0.4, 0.5) is 10.5 Å². The van der Waals surface area contributed by atoms with Crippen LogP contribution in [0.5, 0.6) is 11.8 Å². The number of piperidine rings is 1. The van der Waals surface area contributed by atoms with Gasteiger partial charge in [0, 0.05) is 30.7 Å². The van der Waals surface area contributed by atoms with E-state index in [9.17, 15) is 9.59 Å². The zero-order valence-electron chi connectivity index (χ0n) is 14.4. The normalized spacial score (nSPS) is 16.8. The van der Waals surface area contributed by atoms with E-state index in [1.807, 2.05) is 6.92 Å². The van der Waals surface area contributed by atoms with Crippen LogP contribution in [0.25, 0.3) is 0 Å². The SMILES string of the molecule is Cc1ccnc(Oc2ccc(NC(=O)N3CCCC(C(=O)O)C3)cc2)n1. The fraction of sp³-hybridized carbons (Fsp3) is 0.333. The minimum Gasteiger partial charge on any atom is -0.481 e. The van der Waals surface area contributed by atoms with Crippen molar-refractivity contribution in [2.24, 2.45) is 5.92 Å². The van der Waals surface area contributed by atoms with Gasteiger partial charge in [0.1, 0.15) is 5.75 Å². The van der Waals surface area contributed by atoms with E-state index >= 15 is 0 Å². The second-order valence-corrected chi connectivity index (χ2v) is 6.16. The van der Waals surface area contributed by atoms with E-state index in [4.69, 9.17) is 9.84 Å². The van der Waals surface area contributed by atoms with Gasteiger partial charge in [-0.1, -0.05) is 0 Å². The van der Waals surface area contributed by atoms with Gasteiger partial charge in [0.2, 0.25) is 0 Å². The van der Waals surface area contributed by atoms with Crippen LogP contribution in [0.3, 0.4) is 0 Å². The van der Waals surface area contributed by atoms with Crippen LogP contribution in [0.2, 0.25) is 0 Å². The molecule has 2 heterocycles. The molecule has 3 rings (SSSR count).